The highest BCUT2D eigenvalue weighted by molar-refractivity contribution is 7.45. The number of hydrogen-bond donors (Lipinski definition) is 0. The van der Waals surface area contributed by atoms with Gasteiger partial charge < -0.3 is 27.9 Å². The number of likely N-dealkylation sites (N-methyl/N-ethyl adjacent to an activating group) is 1. The van der Waals surface area contributed by atoms with E-state index in [1.54, 1.807) is 0 Å². The van der Waals surface area contributed by atoms with Gasteiger partial charge in [-0.05, 0) is 96.3 Å². The first kappa shape index (κ1) is 78.9. The quantitative estimate of drug-likeness (QED) is 0.0195. The standard InChI is InChI=1S/C72H128NO8P/c1-6-8-10-12-14-16-18-20-22-24-26-28-30-32-34-35-36-37-39-40-42-44-46-48-50-52-54-56-58-60-62-64-71(74)78-68-70(69-80-82(76,77)79-67-66-73(3,4)5)81-72(75)65-63-61-59-57-55-53-51-49-47-45-43-41-38-33-31-29-27-25-23-21-19-17-15-13-11-9-7-2/h9,11,15,17,21,23-24,26-27,29,33,38,43,45,49,51,70H,6-8,10,12-14,16,18-20,22,25,28,30-32,34-37,39-42,44,46-48,50,52-69H2,1-5H3/b11-9-,17-15-,23-21-,26-24-,29-27-,38-33-,45-43-,51-49-. The van der Waals surface area contributed by atoms with Crippen LogP contribution in [0.15, 0.2) is 97.2 Å². The van der Waals surface area contributed by atoms with Gasteiger partial charge in [0.25, 0.3) is 7.82 Å². The Balaban J connectivity index is 4.10. The van der Waals surface area contributed by atoms with Gasteiger partial charge in [-0.1, -0.05) is 284 Å². The molecule has 0 N–H and O–H groups in total. The molecule has 0 aromatic rings. The summed E-state index contributed by atoms with van der Waals surface area (Å²) < 4.78 is 34.3. The van der Waals surface area contributed by atoms with Crippen molar-refractivity contribution in [3.63, 3.8) is 0 Å². The molecule has 0 fully saturated rings. The molecule has 0 aliphatic heterocycles. The largest absolute Gasteiger partial charge is 0.756 e. The third kappa shape index (κ3) is 66.1. The van der Waals surface area contributed by atoms with E-state index in [1.165, 1.54) is 167 Å². The predicted octanol–water partition coefficient (Wildman–Crippen LogP) is 21.3. The van der Waals surface area contributed by atoms with Gasteiger partial charge in [0.05, 0.1) is 27.7 Å². The Labute approximate surface area is 506 Å². The molecule has 82 heavy (non-hydrogen) atoms. The fraction of sp³-hybridized carbons (Fsp3) is 0.750. The molecule has 0 saturated heterocycles. The minimum Gasteiger partial charge on any atom is -0.756 e. The fourth-order valence-electron chi connectivity index (χ4n) is 9.40. The van der Waals surface area contributed by atoms with Crippen molar-refractivity contribution in [2.45, 2.75) is 302 Å². The highest BCUT2D eigenvalue weighted by atomic mass is 31.2. The molecule has 0 heterocycles. The van der Waals surface area contributed by atoms with Crippen LogP contribution in [-0.4, -0.2) is 70.0 Å². The first-order valence-corrected chi connectivity index (χ1v) is 35.4. The second-order valence-electron chi connectivity index (χ2n) is 23.8. The number of nitrogens with zero attached hydrogens (tertiary/aromatic N) is 1. The third-order valence-corrected chi connectivity index (χ3v) is 15.6. The SMILES string of the molecule is CC/C=C\C/C=C\C/C=C\C/C=C\C/C=C\C/C=C\C/C=C\CCCCCCCC(=O)OC(COC(=O)CCCCCCCCCCCCCCCCCCCCC/C=C\CCCCCCCCCC)COP(=O)([O-])OCC[N+](C)(C)C. The topological polar surface area (TPSA) is 111 Å². The van der Waals surface area contributed by atoms with Crippen LogP contribution in [0.1, 0.15) is 296 Å². The zero-order valence-corrected chi connectivity index (χ0v) is 54.8. The Hall–Kier alpha value is -3.07. The summed E-state index contributed by atoms with van der Waals surface area (Å²) in [5, 5.41) is 0. The van der Waals surface area contributed by atoms with Crippen LogP contribution < -0.4 is 4.89 Å². The summed E-state index contributed by atoms with van der Waals surface area (Å²) in [4.78, 5) is 38.0. The van der Waals surface area contributed by atoms with Crippen LogP contribution in [0.2, 0.25) is 0 Å². The molecule has 0 spiro atoms. The van der Waals surface area contributed by atoms with Gasteiger partial charge in [0.15, 0.2) is 6.10 Å². The van der Waals surface area contributed by atoms with Crippen LogP contribution >= 0.6 is 7.82 Å². The van der Waals surface area contributed by atoms with Gasteiger partial charge >= 0.3 is 11.9 Å². The van der Waals surface area contributed by atoms with Crippen LogP contribution in [0.4, 0.5) is 0 Å². The predicted molar refractivity (Wildman–Crippen MR) is 351 cm³/mol. The molecular weight excluding hydrogens is 1040 g/mol. The molecule has 0 amide bonds. The summed E-state index contributed by atoms with van der Waals surface area (Å²) in [6.45, 7) is 4.13. The van der Waals surface area contributed by atoms with Crippen molar-refractivity contribution in [1.29, 1.82) is 0 Å². The summed E-state index contributed by atoms with van der Waals surface area (Å²) >= 11 is 0. The van der Waals surface area contributed by atoms with Crippen LogP contribution in [0.25, 0.3) is 0 Å². The van der Waals surface area contributed by atoms with Crippen molar-refractivity contribution in [1.82, 2.24) is 0 Å². The Bertz CT molecular complexity index is 1710. The number of phosphoric ester groups is 1. The molecule has 0 radical (unpaired) electrons. The third-order valence-electron chi connectivity index (χ3n) is 14.6. The van der Waals surface area contributed by atoms with Crippen LogP contribution in [0, 0.1) is 0 Å². The van der Waals surface area contributed by atoms with Crippen LogP contribution in [0.5, 0.6) is 0 Å². The zero-order chi connectivity index (χ0) is 59.8. The monoisotopic (exact) mass is 1170 g/mol. The van der Waals surface area contributed by atoms with Crippen molar-refractivity contribution >= 4 is 19.8 Å². The molecule has 0 rings (SSSR count). The van der Waals surface area contributed by atoms with Crippen LogP contribution in [-0.2, 0) is 32.7 Å². The van der Waals surface area contributed by atoms with Gasteiger partial charge in [0.1, 0.15) is 19.8 Å². The average Bonchev–Trinajstić information content (AvgIpc) is 3.46. The van der Waals surface area contributed by atoms with Crippen molar-refractivity contribution in [2.75, 3.05) is 47.5 Å². The lowest BCUT2D eigenvalue weighted by Crippen LogP contribution is -2.37. The van der Waals surface area contributed by atoms with E-state index in [0.29, 0.717) is 17.4 Å². The number of carbonyl (C=O) groups excluding carboxylic acids is 2. The number of hydrogen-bond acceptors (Lipinski definition) is 8. The molecule has 2 atom stereocenters. The molecule has 474 valence electrons. The second-order valence-corrected chi connectivity index (χ2v) is 25.2. The number of carbonyl (C=O) groups is 2. The lowest BCUT2D eigenvalue weighted by Gasteiger charge is -2.28. The Morgan fingerprint density at radius 1 is 0.390 bits per heavy atom. The van der Waals surface area contributed by atoms with E-state index < -0.39 is 26.5 Å². The molecule has 0 bridgehead atoms. The maximum Gasteiger partial charge on any atom is 0.306 e. The molecule has 2 unspecified atom stereocenters. The zero-order valence-electron chi connectivity index (χ0n) is 53.9. The molecule has 0 saturated carbocycles. The summed E-state index contributed by atoms with van der Waals surface area (Å²) in [7, 11) is 1.15. The van der Waals surface area contributed by atoms with E-state index in [1.807, 2.05) is 21.1 Å². The molecule has 0 aromatic heterocycles. The number of quaternary nitrogens is 1. The Kier molecular flexibility index (Phi) is 60.1. The van der Waals surface area contributed by atoms with E-state index in [-0.39, 0.29) is 32.0 Å². The van der Waals surface area contributed by atoms with E-state index in [9.17, 15) is 19.0 Å². The van der Waals surface area contributed by atoms with Crippen molar-refractivity contribution in [3.8, 4) is 0 Å². The minimum atomic E-state index is -4.65. The van der Waals surface area contributed by atoms with E-state index in [2.05, 4.69) is 111 Å². The smallest absolute Gasteiger partial charge is 0.306 e. The van der Waals surface area contributed by atoms with E-state index in [4.69, 9.17) is 18.5 Å². The molecule has 9 nitrogen and oxygen atoms in total. The normalized spacial score (nSPS) is 13.8. The van der Waals surface area contributed by atoms with E-state index >= 15 is 0 Å². The molecule has 10 heteroatoms. The van der Waals surface area contributed by atoms with Gasteiger partial charge in [0, 0.05) is 12.8 Å². The average molecular weight is 1170 g/mol. The summed E-state index contributed by atoms with van der Waals surface area (Å²) in [5.41, 5.74) is 0. The van der Waals surface area contributed by atoms with E-state index in [0.717, 1.165) is 96.3 Å². The summed E-state index contributed by atoms with van der Waals surface area (Å²) in [5.74, 6) is -0.851. The van der Waals surface area contributed by atoms with Gasteiger partial charge in [-0.2, -0.15) is 0 Å². The lowest BCUT2D eigenvalue weighted by atomic mass is 10.0. The molecule has 0 aromatic carbocycles. The number of allylic oxidation sites excluding steroid dienone is 16. The first-order valence-electron chi connectivity index (χ1n) is 33.9. The van der Waals surface area contributed by atoms with Crippen molar-refractivity contribution in [3.05, 3.63) is 97.2 Å². The number of phosphoric acid groups is 1. The molecule has 0 aliphatic carbocycles. The maximum atomic E-state index is 12.8. The summed E-state index contributed by atoms with van der Waals surface area (Å²) in [6.07, 6.45) is 86.3. The number of esters is 2. The Morgan fingerprint density at radius 3 is 1.05 bits per heavy atom. The number of ether oxygens (including phenoxy) is 2. The fourth-order valence-corrected chi connectivity index (χ4v) is 10.1. The number of rotatable bonds is 62. The molecule has 0 aliphatic rings. The highest BCUT2D eigenvalue weighted by Crippen LogP contribution is 2.38. The van der Waals surface area contributed by atoms with Crippen molar-refractivity contribution < 1.29 is 42.1 Å². The van der Waals surface area contributed by atoms with Crippen molar-refractivity contribution in [2.24, 2.45) is 0 Å². The Morgan fingerprint density at radius 2 is 0.695 bits per heavy atom. The second kappa shape index (κ2) is 62.5. The van der Waals surface area contributed by atoms with Gasteiger partial charge in [-0.25, -0.2) is 0 Å². The molecular formula is C72H128NO8P. The lowest BCUT2D eigenvalue weighted by molar-refractivity contribution is -0.870. The highest BCUT2D eigenvalue weighted by Gasteiger charge is 2.22. The first-order chi connectivity index (χ1) is 40.0. The van der Waals surface area contributed by atoms with Gasteiger partial charge in [0.2, 0.25) is 0 Å². The summed E-state index contributed by atoms with van der Waals surface area (Å²) in [6, 6.07) is 0. The number of unbranched alkanes of at least 4 members (excludes halogenated alkanes) is 32. The maximum absolute atomic E-state index is 12.8. The van der Waals surface area contributed by atoms with Gasteiger partial charge in [-0.3, -0.25) is 14.2 Å². The van der Waals surface area contributed by atoms with Gasteiger partial charge in [-0.15, -0.1) is 0 Å². The van der Waals surface area contributed by atoms with Crippen LogP contribution in [0.3, 0.4) is 0 Å². The minimum absolute atomic E-state index is 0.0387.